The van der Waals surface area contributed by atoms with Gasteiger partial charge in [-0.1, -0.05) is 13.0 Å². The molecule has 0 radical (unpaired) electrons. The molecule has 0 saturated heterocycles. The van der Waals surface area contributed by atoms with Gasteiger partial charge in [0.1, 0.15) is 5.83 Å². The summed E-state index contributed by atoms with van der Waals surface area (Å²) in [6.45, 7) is 1.44. The van der Waals surface area contributed by atoms with E-state index in [1.807, 2.05) is 0 Å². The Hall–Kier alpha value is -0.800. The van der Waals surface area contributed by atoms with Crippen LogP contribution in [0.5, 0.6) is 0 Å². The van der Waals surface area contributed by atoms with Crippen LogP contribution in [-0.4, -0.2) is 6.18 Å². The van der Waals surface area contributed by atoms with E-state index in [2.05, 4.69) is 0 Å². The third-order valence-corrected chi connectivity index (χ3v) is 1.80. The summed E-state index contributed by atoms with van der Waals surface area (Å²) >= 11 is 0. The van der Waals surface area contributed by atoms with Gasteiger partial charge < -0.3 is 0 Å². The zero-order valence-corrected chi connectivity index (χ0v) is 6.45. The van der Waals surface area contributed by atoms with Crippen LogP contribution in [0.2, 0.25) is 0 Å². The van der Waals surface area contributed by atoms with Gasteiger partial charge in [-0.15, -0.1) is 0 Å². The Labute approximate surface area is 67.6 Å². The summed E-state index contributed by atoms with van der Waals surface area (Å²) in [6.07, 6.45) is -2.89. The van der Waals surface area contributed by atoms with Gasteiger partial charge in [0.05, 0.1) is 0 Å². The molecule has 0 saturated carbocycles. The van der Waals surface area contributed by atoms with Crippen LogP contribution in [0.3, 0.4) is 0 Å². The van der Waals surface area contributed by atoms with E-state index in [0.29, 0.717) is 0 Å². The number of hydrogen-bond acceptors (Lipinski definition) is 0. The molecule has 0 N–H and O–H groups in total. The molecule has 0 heterocycles. The molecule has 68 valence electrons. The Kier molecular flexibility index (Phi) is 2.26. The average Bonchev–Trinajstić information content (AvgIpc) is 1.92. The van der Waals surface area contributed by atoms with Crippen molar-refractivity contribution in [2.24, 2.45) is 5.92 Å². The van der Waals surface area contributed by atoms with Crippen molar-refractivity contribution in [1.82, 2.24) is 0 Å². The van der Waals surface area contributed by atoms with E-state index in [0.717, 1.165) is 12.2 Å². The maximum absolute atomic E-state index is 12.6. The predicted molar refractivity (Wildman–Crippen MR) is 37.1 cm³/mol. The second-order valence-electron chi connectivity index (χ2n) is 2.85. The number of hydrogen-bond donors (Lipinski definition) is 0. The highest BCUT2D eigenvalue weighted by Crippen LogP contribution is 2.35. The van der Waals surface area contributed by atoms with Gasteiger partial charge in [0, 0.05) is 11.5 Å². The lowest BCUT2D eigenvalue weighted by molar-refractivity contribution is -0.0952. The van der Waals surface area contributed by atoms with Crippen molar-refractivity contribution >= 4 is 0 Å². The topological polar surface area (TPSA) is 0 Å². The largest absolute Gasteiger partial charge is 0.412 e. The minimum Gasteiger partial charge on any atom is -0.212 e. The quantitative estimate of drug-likeness (QED) is 0.501. The lowest BCUT2D eigenvalue weighted by Crippen LogP contribution is -2.16. The normalized spacial score (nSPS) is 24.9. The van der Waals surface area contributed by atoms with Gasteiger partial charge in [-0.05, 0) is 12.5 Å². The van der Waals surface area contributed by atoms with E-state index in [1.54, 1.807) is 0 Å². The SMILES string of the molecule is C[C@@H]1CC(C(F)(F)F)=CC=C1F. The summed E-state index contributed by atoms with van der Waals surface area (Å²) in [6, 6.07) is 0. The maximum atomic E-state index is 12.6. The fourth-order valence-electron chi connectivity index (χ4n) is 1.05. The molecule has 1 rings (SSSR count). The summed E-state index contributed by atoms with van der Waals surface area (Å²) < 4.78 is 48.7. The van der Waals surface area contributed by atoms with E-state index in [9.17, 15) is 17.6 Å². The molecule has 1 atom stereocenters. The van der Waals surface area contributed by atoms with Crippen LogP contribution in [0.25, 0.3) is 0 Å². The molecule has 0 aromatic carbocycles. The van der Waals surface area contributed by atoms with Crippen molar-refractivity contribution < 1.29 is 17.6 Å². The Bertz CT molecular complexity index is 234. The number of rotatable bonds is 0. The first-order valence-electron chi connectivity index (χ1n) is 3.54. The zero-order valence-electron chi connectivity index (χ0n) is 6.45. The van der Waals surface area contributed by atoms with Gasteiger partial charge in [-0.3, -0.25) is 0 Å². The van der Waals surface area contributed by atoms with Crippen LogP contribution in [0, 0.1) is 5.92 Å². The number of halogens is 4. The lowest BCUT2D eigenvalue weighted by Gasteiger charge is -2.18. The van der Waals surface area contributed by atoms with E-state index < -0.39 is 23.5 Å². The van der Waals surface area contributed by atoms with Crippen molar-refractivity contribution in [3.05, 3.63) is 23.6 Å². The third-order valence-electron chi connectivity index (χ3n) is 1.80. The predicted octanol–water partition coefficient (Wildman–Crippen LogP) is 3.37. The van der Waals surface area contributed by atoms with Gasteiger partial charge in [0.15, 0.2) is 0 Å². The molecule has 0 aromatic heterocycles. The fraction of sp³-hybridized carbons (Fsp3) is 0.500. The molecule has 12 heavy (non-hydrogen) atoms. The van der Waals surface area contributed by atoms with E-state index >= 15 is 0 Å². The molecule has 0 amide bonds. The van der Waals surface area contributed by atoms with Crippen molar-refractivity contribution in [2.45, 2.75) is 19.5 Å². The Morgan fingerprint density at radius 1 is 1.33 bits per heavy atom. The summed E-state index contributed by atoms with van der Waals surface area (Å²) in [7, 11) is 0. The van der Waals surface area contributed by atoms with Crippen molar-refractivity contribution in [3.8, 4) is 0 Å². The number of alkyl halides is 3. The van der Waals surface area contributed by atoms with Gasteiger partial charge >= 0.3 is 6.18 Å². The lowest BCUT2D eigenvalue weighted by atomic mass is 9.94. The summed E-state index contributed by atoms with van der Waals surface area (Å²) in [5.74, 6) is -1.13. The average molecular weight is 180 g/mol. The van der Waals surface area contributed by atoms with Gasteiger partial charge in [-0.25, -0.2) is 4.39 Å². The first-order valence-corrected chi connectivity index (χ1v) is 3.54. The molecule has 0 aromatic rings. The van der Waals surface area contributed by atoms with Crippen LogP contribution >= 0.6 is 0 Å². The van der Waals surface area contributed by atoms with Gasteiger partial charge in [-0.2, -0.15) is 13.2 Å². The Morgan fingerprint density at radius 3 is 2.33 bits per heavy atom. The van der Waals surface area contributed by atoms with Crippen LogP contribution in [0.1, 0.15) is 13.3 Å². The van der Waals surface area contributed by atoms with Crippen molar-refractivity contribution in [3.63, 3.8) is 0 Å². The molecule has 1 aliphatic rings. The van der Waals surface area contributed by atoms with Crippen LogP contribution in [0.15, 0.2) is 23.6 Å². The molecule has 0 unspecified atom stereocenters. The monoisotopic (exact) mass is 180 g/mol. The standard InChI is InChI=1S/C8H8F4/c1-5-4-6(8(10,11)12)2-3-7(5)9/h2-3,5H,4H2,1H3/t5-/m1/s1. The smallest absolute Gasteiger partial charge is 0.212 e. The summed E-state index contributed by atoms with van der Waals surface area (Å²) in [5.41, 5.74) is -0.656. The highest BCUT2D eigenvalue weighted by molar-refractivity contribution is 5.25. The molecule has 0 aliphatic heterocycles. The summed E-state index contributed by atoms with van der Waals surface area (Å²) in [5, 5.41) is 0. The molecule has 0 bridgehead atoms. The maximum Gasteiger partial charge on any atom is 0.412 e. The van der Waals surface area contributed by atoms with Crippen molar-refractivity contribution in [2.75, 3.05) is 0 Å². The van der Waals surface area contributed by atoms with E-state index in [-0.39, 0.29) is 6.42 Å². The first-order chi connectivity index (χ1) is 5.41. The Morgan fingerprint density at radius 2 is 1.92 bits per heavy atom. The van der Waals surface area contributed by atoms with Gasteiger partial charge in [0.25, 0.3) is 0 Å². The second-order valence-corrected chi connectivity index (χ2v) is 2.85. The third kappa shape index (κ3) is 1.87. The minimum absolute atomic E-state index is 0.258. The van der Waals surface area contributed by atoms with Crippen molar-refractivity contribution in [1.29, 1.82) is 0 Å². The fourth-order valence-corrected chi connectivity index (χ4v) is 1.05. The summed E-state index contributed by atoms with van der Waals surface area (Å²) in [4.78, 5) is 0. The first kappa shape index (κ1) is 9.29. The highest BCUT2D eigenvalue weighted by atomic mass is 19.4. The molecular weight excluding hydrogens is 172 g/mol. The van der Waals surface area contributed by atoms with E-state index in [4.69, 9.17) is 0 Å². The van der Waals surface area contributed by atoms with E-state index in [1.165, 1.54) is 6.92 Å². The number of allylic oxidation sites excluding steroid dienone is 4. The highest BCUT2D eigenvalue weighted by Gasteiger charge is 2.35. The molecule has 4 heteroatoms. The second kappa shape index (κ2) is 2.92. The van der Waals surface area contributed by atoms with Crippen LogP contribution in [0.4, 0.5) is 17.6 Å². The molecule has 0 nitrogen and oxygen atoms in total. The molecular formula is C8H8F4. The Balaban J connectivity index is 2.84. The zero-order chi connectivity index (χ0) is 9.35. The molecule has 0 spiro atoms. The molecule has 0 fully saturated rings. The van der Waals surface area contributed by atoms with Crippen LogP contribution < -0.4 is 0 Å². The van der Waals surface area contributed by atoms with Gasteiger partial charge in [0.2, 0.25) is 0 Å². The minimum atomic E-state index is -4.31. The molecule has 1 aliphatic carbocycles. The van der Waals surface area contributed by atoms with Crippen LogP contribution in [-0.2, 0) is 0 Å².